The van der Waals surface area contributed by atoms with Crippen molar-refractivity contribution in [2.45, 2.75) is 5.03 Å². The molecule has 0 bridgehead atoms. The largest absolute Gasteiger partial charge is 0.369 e. The number of nitrogens with two attached hydrogens (primary N) is 1. The third-order valence-corrected chi connectivity index (χ3v) is 2.83. The van der Waals surface area contributed by atoms with E-state index in [0.29, 0.717) is 10.7 Å². The molecule has 0 spiro atoms. The molecule has 0 saturated heterocycles. The van der Waals surface area contributed by atoms with Gasteiger partial charge in [0.15, 0.2) is 5.03 Å². The summed E-state index contributed by atoms with van der Waals surface area (Å²) in [5.41, 5.74) is 6.59. The van der Waals surface area contributed by atoms with E-state index in [9.17, 15) is 4.79 Å². The molecular weight excluding hydrogens is 226 g/mol. The summed E-state index contributed by atoms with van der Waals surface area (Å²) in [6, 6.07) is 9.49. The summed E-state index contributed by atoms with van der Waals surface area (Å²) in [6.07, 6.45) is 0. The molecule has 0 fully saturated rings. The first-order chi connectivity index (χ1) is 7.77. The second-order valence-electron chi connectivity index (χ2n) is 3.04. The van der Waals surface area contributed by atoms with Crippen LogP contribution in [0.1, 0.15) is 0 Å². The van der Waals surface area contributed by atoms with Gasteiger partial charge >= 0.3 is 0 Å². The minimum absolute atomic E-state index is 0.161. The van der Waals surface area contributed by atoms with E-state index in [1.807, 2.05) is 30.3 Å². The van der Waals surface area contributed by atoms with Crippen LogP contribution in [0.3, 0.4) is 0 Å². The van der Waals surface area contributed by atoms with Crippen molar-refractivity contribution in [3.63, 3.8) is 0 Å². The maximum atomic E-state index is 10.7. The maximum Gasteiger partial charge on any atom is 0.227 e. The first-order valence-electron chi connectivity index (χ1n) is 4.56. The molecule has 0 saturated carbocycles. The Morgan fingerprint density at radius 1 is 1.31 bits per heavy atom. The number of primary amides is 1. The fourth-order valence-corrected chi connectivity index (χ4v) is 1.84. The number of hydrogen-bond donors (Lipinski definition) is 1. The van der Waals surface area contributed by atoms with E-state index in [-0.39, 0.29) is 5.75 Å². The topological polar surface area (TPSA) is 82.0 Å². The second kappa shape index (κ2) is 4.80. The van der Waals surface area contributed by atoms with Gasteiger partial charge in [0.05, 0.1) is 5.75 Å². The minimum Gasteiger partial charge on any atom is -0.369 e. The molecule has 0 radical (unpaired) electrons. The van der Waals surface area contributed by atoms with Gasteiger partial charge in [0, 0.05) is 5.56 Å². The lowest BCUT2D eigenvalue weighted by Gasteiger charge is -1.97. The summed E-state index contributed by atoms with van der Waals surface area (Å²) >= 11 is 1.21. The molecule has 2 rings (SSSR count). The quantitative estimate of drug-likeness (QED) is 0.808. The Bertz CT molecular complexity index is 484. The van der Waals surface area contributed by atoms with E-state index in [0.717, 1.165) is 5.56 Å². The molecule has 2 N–H and O–H groups in total. The fourth-order valence-electron chi connectivity index (χ4n) is 1.19. The summed E-state index contributed by atoms with van der Waals surface area (Å²) in [5, 5.41) is 8.11. The molecule has 16 heavy (non-hydrogen) atoms. The number of amides is 1. The second-order valence-corrected chi connectivity index (χ2v) is 4.00. The van der Waals surface area contributed by atoms with Crippen LogP contribution in [0.4, 0.5) is 0 Å². The zero-order chi connectivity index (χ0) is 11.4. The van der Waals surface area contributed by atoms with Gasteiger partial charge in [0.25, 0.3) is 0 Å². The summed E-state index contributed by atoms with van der Waals surface area (Å²) < 4.78 is 4.66. The highest BCUT2D eigenvalue weighted by atomic mass is 32.2. The first kappa shape index (κ1) is 10.7. The molecule has 0 aliphatic rings. The molecule has 0 aliphatic carbocycles. The average molecular weight is 235 g/mol. The van der Waals surface area contributed by atoms with E-state index in [4.69, 9.17) is 5.73 Å². The molecule has 1 heterocycles. The number of hydrogen-bond acceptors (Lipinski definition) is 5. The fraction of sp³-hybridized carbons (Fsp3) is 0.100. The molecular formula is C10H9N3O2S. The normalized spacial score (nSPS) is 10.2. The predicted octanol–water partition coefficient (Wildman–Crippen LogP) is 1.31. The van der Waals surface area contributed by atoms with Crippen LogP contribution in [0.2, 0.25) is 0 Å². The van der Waals surface area contributed by atoms with Crippen LogP contribution in [0.15, 0.2) is 40.0 Å². The predicted molar refractivity (Wildman–Crippen MR) is 59.7 cm³/mol. The van der Waals surface area contributed by atoms with Crippen LogP contribution < -0.4 is 5.73 Å². The lowest BCUT2D eigenvalue weighted by molar-refractivity contribution is -0.115. The van der Waals surface area contributed by atoms with E-state index in [1.165, 1.54) is 11.8 Å². The van der Waals surface area contributed by atoms with Crippen LogP contribution >= 0.6 is 11.8 Å². The molecule has 6 heteroatoms. The molecule has 1 aromatic heterocycles. The lowest BCUT2D eigenvalue weighted by atomic mass is 10.2. The van der Waals surface area contributed by atoms with Crippen LogP contribution in [0, 0.1) is 0 Å². The molecule has 5 nitrogen and oxygen atoms in total. The monoisotopic (exact) mass is 235 g/mol. The SMILES string of the molecule is NC(=O)CSc1nonc1-c1ccccc1. The zero-order valence-electron chi connectivity index (χ0n) is 8.29. The van der Waals surface area contributed by atoms with Crippen LogP contribution in [-0.4, -0.2) is 22.0 Å². The van der Waals surface area contributed by atoms with Gasteiger partial charge in [-0.1, -0.05) is 42.1 Å². The highest BCUT2D eigenvalue weighted by molar-refractivity contribution is 8.00. The van der Waals surface area contributed by atoms with Crippen LogP contribution in [0.5, 0.6) is 0 Å². The summed E-state index contributed by atoms with van der Waals surface area (Å²) in [4.78, 5) is 10.7. The third kappa shape index (κ3) is 2.40. The van der Waals surface area contributed by atoms with Crippen molar-refractivity contribution in [3.8, 4) is 11.3 Å². The lowest BCUT2D eigenvalue weighted by Crippen LogP contribution is -2.13. The smallest absolute Gasteiger partial charge is 0.227 e. The number of thioether (sulfide) groups is 1. The van der Waals surface area contributed by atoms with Gasteiger partial charge in [-0.05, 0) is 10.3 Å². The minimum atomic E-state index is -0.396. The van der Waals surface area contributed by atoms with Gasteiger partial charge in [0.2, 0.25) is 5.91 Å². The van der Waals surface area contributed by atoms with Crippen molar-refractivity contribution in [1.82, 2.24) is 10.3 Å². The molecule has 82 valence electrons. The molecule has 1 aromatic carbocycles. The number of carbonyl (C=O) groups is 1. The van der Waals surface area contributed by atoms with Gasteiger partial charge < -0.3 is 5.73 Å². The number of aromatic nitrogens is 2. The first-order valence-corrected chi connectivity index (χ1v) is 5.55. The Balaban J connectivity index is 2.23. The van der Waals surface area contributed by atoms with Crippen molar-refractivity contribution in [2.24, 2.45) is 5.73 Å². The van der Waals surface area contributed by atoms with Crippen LogP contribution in [-0.2, 0) is 4.79 Å². The molecule has 0 atom stereocenters. The maximum absolute atomic E-state index is 10.7. The zero-order valence-corrected chi connectivity index (χ0v) is 9.11. The molecule has 0 unspecified atom stereocenters. The van der Waals surface area contributed by atoms with Crippen molar-refractivity contribution < 1.29 is 9.42 Å². The highest BCUT2D eigenvalue weighted by Crippen LogP contribution is 2.27. The highest BCUT2D eigenvalue weighted by Gasteiger charge is 2.13. The number of nitrogens with zero attached hydrogens (tertiary/aromatic N) is 2. The standard InChI is InChI=1S/C10H9N3O2S/c11-8(14)6-16-10-9(12-15-13-10)7-4-2-1-3-5-7/h1-5H,6H2,(H2,11,14). The van der Waals surface area contributed by atoms with E-state index in [2.05, 4.69) is 14.9 Å². The van der Waals surface area contributed by atoms with E-state index in [1.54, 1.807) is 0 Å². The number of benzene rings is 1. The van der Waals surface area contributed by atoms with Crippen molar-refractivity contribution in [1.29, 1.82) is 0 Å². The Kier molecular flexibility index (Phi) is 3.21. The average Bonchev–Trinajstić information content (AvgIpc) is 2.75. The number of carbonyl (C=O) groups excluding carboxylic acids is 1. The summed E-state index contributed by atoms with van der Waals surface area (Å²) in [5.74, 6) is -0.236. The molecule has 0 aliphatic heterocycles. The van der Waals surface area contributed by atoms with Crippen molar-refractivity contribution in [3.05, 3.63) is 30.3 Å². The van der Waals surface area contributed by atoms with Crippen molar-refractivity contribution in [2.75, 3.05) is 5.75 Å². The Hall–Kier alpha value is -1.82. The Morgan fingerprint density at radius 2 is 2.06 bits per heavy atom. The van der Waals surface area contributed by atoms with Gasteiger partial charge in [-0.2, -0.15) is 0 Å². The van der Waals surface area contributed by atoms with E-state index < -0.39 is 5.91 Å². The number of rotatable bonds is 4. The third-order valence-electron chi connectivity index (χ3n) is 1.86. The van der Waals surface area contributed by atoms with Gasteiger partial charge in [0.1, 0.15) is 5.69 Å². The Labute approximate surface area is 96.0 Å². The van der Waals surface area contributed by atoms with Gasteiger partial charge in [-0.25, -0.2) is 4.63 Å². The van der Waals surface area contributed by atoms with Gasteiger partial charge in [-0.15, -0.1) is 0 Å². The molecule has 1 amide bonds. The molecule has 2 aromatic rings. The van der Waals surface area contributed by atoms with Crippen LogP contribution in [0.25, 0.3) is 11.3 Å². The van der Waals surface area contributed by atoms with E-state index >= 15 is 0 Å². The Morgan fingerprint density at radius 3 is 2.75 bits per heavy atom. The van der Waals surface area contributed by atoms with Gasteiger partial charge in [-0.3, -0.25) is 4.79 Å². The van der Waals surface area contributed by atoms with Crippen molar-refractivity contribution >= 4 is 17.7 Å². The summed E-state index contributed by atoms with van der Waals surface area (Å²) in [7, 11) is 0. The summed E-state index contributed by atoms with van der Waals surface area (Å²) in [6.45, 7) is 0.